The highest BCUT2D eigenvalue weighted by Crippen LogP contribution is 2.31. The number of nitrogens with one attached hydrogen (secondary N) is 2. The summed E-state index contributed by atoms with van der Waals surface area (Å²) < 4.78 is 6.22. The normalized spacial score (nSPS) is 18.5. The Kier molecular flexibility index (Phi) is 16.8. The van der Waals surface area contributed by atoms with Gasteiger partial charge in [-0.25, -0.2) is 4.98 Å². The first kappa shape index (κ1) is 41.8. The summed E-state index contributed by atoms with van der Waals surface area (Å²) in [5, 5.41) is 18.0. The van der Waals surface area contributed by atoms with E-state index in [0.717, 1.165) is 37.8 Å². The zero-order valence-electron chi connectivity index (χ0n) is 31.5. The first-order valence-electron chi connectivity index (χ1n) is 18.3. The van der Waals surface area contributed by atoms with Crippen LogP contribution in [0.2, 0.25) is 0 Å². The third-order valence-electron chi connectivity index (χ3n) is 10.1. The van der Waals surface area contributed by atoms with Crippen molar-refractivity contribution in [3.63, 3.8) is 0 Å². The van der Waals surface area contributed by atoms with E-state index >= 15 is 0 Å². The molecule has 0 bridgehead atoms. The van der Waals surface area contributed by atoms with Gasteiger partial charge in [0.15, 0.2) is 0 Å². The van der Waals surface area contributed by atoms with Crippen LogP contribution in [-0.4, -0.2) is 95.0 Å². The Labute approximate surface area is 308 Å². The van der Waals surface area contributed by atoms with Gasteiger partial charge < -0.3 is 25.4 Å². The lowest BCUT2D eigenvalue weighted by Crippen LogP contribution is -2.58. The van der Waals surface area contributed by atoms with Crippen molar-refractivity contribution in [2.75, 3.05) is 27.2 Å². The third kappa shape index (κ3) is 12.2. The summed E-state index contributed by atoms with van der Waals surface area (Å²) in [4.78, 5) is 61.3. The molecule has 3 amide bonds. The van der Waals surface area contributed by atoms with Gasteiger partial charge in [-0.15, -0.1) is 17.9 Å². The minimum atomic E-state index is -0.918. The number of carbonyl (C=O) groups excluding carboxylic acids is 3. The number of thiazole rings is 1. The van der Waals surface area contributed by atoms with Crippen molar-refractivity contribution < 1.29 is 29.0 Å². The van der Waals surface area contributed by atoms with E-state index in [4.69, 9.17) is 9.72 Å². The van der Waals surface area contributed by atoms with Crippen LogP contribution in [0.25, 0.3) is 0 Å². The van der Waals surface area contributed by atoms with Crippen LogP contribution in [0.3, 0.4) is 0 Å². The van der Waals surface area contributed by atoms with Gasteiger partial charge in [0.05, 0.1) is 18.6 Å². The van der Waals surface area contributed by atoms with Crippen molar-refractivity contribution in [2.45, 2.75) is 110 Å². The molecule has 0 aliphatic carbocycles. The summed E-state index contributed by atoms with van der Waals surface area (Å²) in [6, 6.07) is 8.06. The average molecular weight is 726 g/mol. The molecule has 282 valence electrons. The quantitative estimate of drug-likeness (QED) is 0.147. The number of hydrogen-bond acceptors (Lipinski definition) is 8. The van der Waals surface area contributed by atoms with Crippen molar-refractivity contribution in [1.29, 1.82) is 0 Å². The molecule has 51 heavy (non-hydrogen) atoms. The van der Waals surface area contributed by atoms with Crippen molar-refractivity contribution in [1.82, 2.24) is 25.4 Å². The predicted molar refractivity (Wildman–Crippen MR) is 201 cm³/mol. The maximum absolute atomic E-state index is 14.2. The van der Waals surface area contributed by atoms with E-state index < -0.39 is 30.1 Å². The van der Waals surface area contributed by atoms with Gasteiger partial charge in [0.25, 0.3) is 5.91 Å². The molecule has 7 atom stereocenters. The number of carboxylic acids is 1. The van der Waals surface area contributed by atoms with E-state index in [0.29, 0.717) is 17.8 Å². The number of piperidine rings is 1. The second-order valence-corrected chi connectivity index (χ2v) is 15.3. The van der Waals surface area contributed by atoms with Gasteiger partial charge in [0.2, 0.25) is 11.8 Å². The number of likely N-dealkylation sites (N-methyl/N-ethyl adjacent to an activating group) is 2. The number of aromatic nitrogens is 1. The molecule has 2 heterocycles. The first-order valence-corrected chi connectivity index (χ1v) is 19.2. The molecule has 1 unspecified atom stereocenters. The van der Waals surface area contributed by atoms with E-state index in [2.05, 4.69) is 36.0 Å². The molecular weight excluding hydrogens is 667 g/mol. The smallest absolute Gasteiger partial charge is 0.306 e. The van der Waals surface area contributed by atoms with E-state index in [1.54, 1.807) is 30.3 Å². The summed E-state index contributed by atoms with van der Waals surface area (Å²) in [6.45, 7) is 14.7. The molecule has 1 aliphatic rings. The molecule has 0 saturated carbocycles. The fraction of sp³-hybridized carbons (Fsp3) is 0.615. The number of nitrogens with zero attached hydrogens (tertiary/aromatic N) is 3. The number of hydrogen-bond donors (Lipinski definition) is 3. The number of aliphatic carboxylic acids is 1. The van der Waals surface area contributed by atoms with Crippen LogP contribution in [0.15, 0.2) is 48.4 Å². The van der Waals surface area contributed by atoms with Gasteiger partial charge in [0.1, 0.15) is 22.8 Å². The van der Waals surface area contributed by atoms with Crippen LogP contribution < -0.4 is 10.6 Å². The number of amides is 3. The highest BCUT2D eigenvalue weighted by Gasteiger charge is 2.37. The molecule has 1 aromatic heterocycles. The first-order chi connectivity index (χ1) is 24.3. The zero-order valence-corrected chi connectivity index (χ0v) is 32.3. The molecule has 12 heteroatoms. The minimum absolute atomic E-state index is 0.0456. The Morgan fingerprint density at radius 2 is 1.82 bits per heavy atom. The standard InChI is InChI=1S/C39H59N5O6S/c1-9-20-50-33(37-41-30(24-51-37)35(45)40-29(21-27(6)39(48)49)22-28-16-12-11-13-17-28)23-32(25(3)4)44(8)38(47)34(26(5)10-2)42-36(46)31-18-14-15-19-43(31)7/h9,11-13,16-17,24-27,29,31-34H,1,10,14-15,18-23H2,2-8H3,(H,40,45)(H,42,46)(H,48,49)/t26-,27-,29+,31?,32+,33+,34-/m0/s1. The summed E-state index contributed by atoms with van der Waals surface area (Å²) in [5.41, 5.74) is 1.22. The van der Waals surface area contributed by atoms with E-state index in [1.165, 1.54) is 11.3 Å². The van der Waals surface area contributed by atoms with Gasteiger partial charge in [-0.2, -0.15) is 0 Å². The Balaban J connectivity index is 1.80. The Bertz CT molecular complexity index is 1430. The summed E-state index contributed by atoms with van der Waals surface area (Å²) >= 11 is 1.31. The summed E-state index contributed by atoms with van der Waals surface area (Å²) in [7, 11) is 3.75. The van der Waals surface area contributed by atoms with E-state index in [-0.39, 0.29) is 60.4 Å². The largest absolute Gasteiger partial charge is 0.481 e. The van der Waals surface area contributed by atoms with Crippen molar-refractivity contribution in [3.8, 4) is 0 Å². The SMILES string of the molecule is C=CCO[C@H](C[C@H](C(C)C)N(C)C(=O)[C@@H](NC(=O)C1CCCCN1C)[C@@H](C)CC)c1nc(C(=O)N[C@@H](Cc2ccccc2)C[C@H](C)C(=O)O)cs1. The van der Waals surface area contributed by atoms with Crippen LogP contribution in [-0.2, 0) is 25.5 Å². The van der Waals surface area contributed by atoms with E-state index in [9.17, 15) is 24.3 Å². The molecule has 1 fully saturated rings. The van der Waals surface area contributed by atoms with Crippen molar-refractivity contribution >= 4 is 35.0 Å². The maximum Gasteiger partial charge on any atom is 0.306 e. The Morgan fingerprint density at radius 1 is 1.12 bits per heavy atom. The van der Waals surface area contributed by atoms with Gasteiger partial charge in [-0.05, 0) is 56.7 Å². The van der Waals surface area contributed by atoms with Crippen LogP contribution in [0.5, 0.6) is 0 Å². The summed E-state index contributed by atoms with van der Waals surface area (Å²) in [5.74, 6) is -2.21. The lowest BCUT2D eigenvalue weighted by Gasteiger charge is -2.38. The van der Waals surface area contributed by atoms with Crippen LogP contribution in [0.4, 0.5) is 0 Å². The molecule has 0 spiro atoms. The topological polar surface area (TPSA) is 141 Å². The van der Waals surface area contributed by atoms with Gasteiger partial charge in [0, 0.05) is 30.9 Å². The summed E-state index contributed by atoms with van der Waals surface area (Å²) in [6.07, 6.45) is 5.86. The molecule has 1 aliphatic heterocycles. The second-order valence-electron chi connectivity index (χ2n) is 14.4. The molecule has 1 aromatic carbocycles. The highest BCUT2D eigenvalue weighted by molar-refractivity contribution is 7.09. The fourth-order valence-electron chi connectivity index (χ4n) is 6.66. The van der Waals surface area contributed by atoms with Crippen LogP contribution in [0.1, 0.15) is 100 Å². The Morgan fingerprint density at radius 3 is 2.43 bits per heavy atom. The van der Waals surface area contributed by atoms with Gasteiger partial charge in [-0.3, -0.25) is 24.1 Å². The number of rotatable bonds is 20. The molecule has 2 aromatic rings. The number of carboxylic acid groups (broad SMARTS) is 1. The molecule has 3 N–H and O–H groups in total. The second kappa shape index (κ2) is 20.4. The number of ether oxygens (including phenoxy) is 1. The van der Waals surface area contributed by atoms with Gasteiger partial charge in [-0.1, -0.05) is 83.9 Å². The number of carbonyl (C=O) groups is 4. The monoisotopic (exact) mass is 725 g/mol. The average Bonchev–Trinajstić information content (AvgIpc) is 3.60. The molecule has 1 saturated heterocycles. The minimum Gasteiger partial charge on any atom is -0.481 e. The van der Waals surface area contributed by atoms with Crippen molar-refractivity contribution in [3.05, 3.63) is 64.6 Å². The number of likely N-dealkylation sites (tertiary alicyclic amines) is 1. The lowest BCUT2D eigenvalue weighted by molar-refractivity contribution is -0.141. The van der Waals surface area contributed by atoms with E-state index in [1.807, 2.05) is 51.2 Å². The molecule has 0 radical (unpaired) electrons. The lowest BCUT2D eigenvalue weighted by atomic mass is 9.92. The maximum atomic E-state index is 14.2. The third-order valence-corrected chi connectivity index (χ3v) is 11.0. The predicted octanol–water partition coefficient (Wildman–Crippen LogP) is 5.73. The van der Waals surface area contributed by atoms with Crippen LogP contribution in [0, 0.1) is 17.8 Å². The molecule has 11 nitrogen and oxygen atoms in total. The van der Waals surface area contributed by atoms with Crippen molar-refractivity contribution in [2.24, 2.45) is 17.8 Å². The van der Waals surface area contributed by atoms with Gasteiger partial charge >= 0.3 is 5.97 Å². The molecular formula is C39H59N5O6S. The molecule has 3 rings (SSSR count). The zero-order chi connectivity index (χ0) is 37.7. The van der Waals surface area contributed by atoms with Crippen LogP contribution >= 0.6 is 11.3 Å². The Hall–Kier alpha value is -3.61. The highest BCUT2D eigenvalue weighted by atomic mass is 32.1. The fourth-order valence-corrected chi connectivity index (χ4v) is 7.52. The number of benzene rings is 1.